The van der Waals surface area contributed by atoms with Crippen LogP contribution in [0.3, 0.4) is 0 Å². The average Bonchev–Trinajstić information content (AvgIpc) is 2.65. The maximum atomic E-state index is 12.4. The molecule has 2 rings (SSSR count). The number of hydrogen-bond acceptors (Lipinski definition) is 4. The van der Waals surface area contributed by atoms with E-state index in [1.165, 1.54) is 0 Å². The Morgan fingerprint density at radius 2 is 2.00 bits per heavy atom. The average molecular weight is 347 g/mol. The molecule has 6 heteroatoms. The van der Waals surface area contributed by atoms with Crippen molar-refractivity contribution in [3.63, 3.8) is 0 Å². The molecule has 0 saturated carbocycles. The van der Waals surface area contributed by atoms with Gasteiger partial charge < -0.3 is 20.3 Å². The smallest absolute Gasteiger partial charge is 0.410 e. The van der Waals surface area contributed by atoms with Crippen molar-refractivity contribution < 1.29 is 14.3 Å². The van der Waals surface area contributed by atoms with Crippen LogP contribution in [0, 0.1) is 5.92 Å². The molecule has 138 valence electrons. The Kier molecular flexibility index (Phi) is 6.82. The Labute approximate surface area is 149 Å². The van der Waals surface area contributed by atoms with Gasteiger partial charge in [-0.05, 0) is 24.3 Å². The van der Waals surface area contributed by atoms with Gasteiger partial charge in [0.15, 0.2) is 0 Å². The highest BCUT2D eigenvalue weighted by atomic mass is 16.6. The summed E-state index contributed by atoms with van der Waals surface area (Å²) < 4.78 is 5.40. The number of carbonyl (C=O) groups excluding carboxylic acids is 2. The quantitative estimate of drug-likeness (QED) is 0.886. The molecule has 0 spiro atoms. The van der Waals surface area contributed by atoms with Gasteiger partial charge in [0.1, 0.15) is 6.61 Å². The van der Waals surface area contributed by atoms with E-state index < -0.39 is 6.04 Å². The summed E-state index contributed by atoms with van der Waals surface area (Å²) in [4.78, 5) is 28.1. The third kappa shape index (κ3) is 5.19. The number of benzene rings is 1. The molecule has 25 heavy (non-hydrogen) atoms. The molecule has 2 N–H and O–H groups in total. The predicted octanol–water partition coefficient (Wildman–Crippen LogP) is 2.23. The highest BCUT2D eigenvalue weighted by molar-refractivity contribution is 5.82. The monoisotopic (exact) mass is 347 g/mol. The SMILES string of the molecule is CC(C)C(N)C(=O)N(C)C1CCCN(C(=O)OCc2ccccc2)C1. The summed E-state index contributed by atoms with van der Waals surface area (Å²) in [5.41, 5.74) is 6.94. The summed E-state index contributed by atoms with van der Waals surface area (Å²) in [6.07, 6.45) is 1.39. The molecular formula is C19H29N3O3. The van der Waals surface area contributed by atoms with E-state index in [0.29, 0.717) is 13.1 Å². The zero-order valence-electron chi connectivity index (χ0n) is 15.4. The molecule has 1 fully saturated rings. The molecule has 1 saturated heterocycles. The summed E-state index contributed by atoms with van der Waals surface area (Å²) in [7, 11) is 1.77. The minimum absolute atomic E-state index is 0.0182. The second kappa shape index (κ2) is 8.85. The molecule has 6 nitrogen and oxygen atoms in total. The standard InChI is InChI=1S/C19H29N3O3/c1-14(2)17(20)18(23)21(3)16-10-7-11-22(12-16)19(24)25-13-15-8-5-4-6-9-15/h4-6,8-9,14,16-17H,7,10-13,20H2,1-3H3. The Balaban J connectivity index is 1.89. The van der Waals surface area contributed by atoms with E-state index in [2.05, 4.69) is 0 Å². The number of piperidine rings is 1. The van der Waals surface area contributed by atoms with E-state index in [0.717, 1.165) is 18.4 Å². The lowest BCUT2D eigenvalue weighted by atomic mass is 10.0. The van der Waals surface area contributed by atoms with Gasteiger partial charge in [0.2, 0.25) is 5.91 Å². The number of amides is 2. The van der Waals surface area contributed by atoms with Crippen LogP contribution < -0.4 is 5.73 Å². The molecule has 1 aromatic rings. The van der Waals surface area contributed by atoms with E-state index in [1.54, 1.807) is 16.8 Å². The van der Waals surface area contributed by atoms with Gasteiger partial charge in [-0.25, -0.2) is 4.79 Å². The van der Waals surface area contributed by atoms with E-state index in [-0.39, 0.29) is 30.6 Å². The van der Waals surface area contributed by atoms with Gasteiger partial charge >= 0.3 is 6.09 Å². The summed E-state index contributed by atoms with van der Waals surface area (Å²) in [6, 6.07) is 9.07. The van der Waals surface area contributed by atoms with Crippen LogP contribution in [0.15, 0.2) is 30.3 Å². The number of nitrogens with zero attached hydrogens (tertiary/aromatic N) is 2. The Hall–Kier alpha value is -2.08. The number of rotatable bonds is 5. The van der Waals surface area contributed by atoms with Crippen molar-refractivity contribution in [3.8, 4) is 0 Å². The molecule has 1 heterocycles. The molecule has 2 unspecified atom stereocenters. The number of hydrogen-bond donors (Lipinski definition) is 1. The molecule has 1 aliphatic rings. The highest BCUT2D eigenvalue weighted by Gasteiger charge is 2.31. The van der Waals surface area contributed by atoms with Gasteiger partial charge in [-0.2, -0.15) is 0 Å². The molecule has 0 aliphatic carbocycles. The third-order valence-electron chi connectivity index (χ3n) is 4.76. The molecule has 1 aromatic carbocycles. The van der Waals surface area contributed by atoms with Crippen LogP contribution in [0.4, 0.5) is 4.79 Å². The van der Waals surface area contributed by atoms with Gasteiger partial charge in [0, 0.05) is 26.2 Å². The first kappa shape index (κ1) is 19.2. The molecule has 0 bridgehead atoms. The maximum Gasteiger partial charge on any atom is 0.410 e. The normalized spacial score (nSPS) is 18.8. The fourth-order valence-corrected chi connectivity index (χ4v) is 2.95. The third-order valence-corrected chi connectivity index (χ3v) is 4.76. The summed E-state index contributed by atoms with van der Waals surface area (Å²) in [6.45, 7) is 5.27. The molecule has 1 aliphatic heterocycles. The van der Waals surface area contributed by atoms with Crippen molar-refractivity contribution in [2.24, 2.45) is 11.7 Å². The summed E-state index contributed by atoms with van der Waals surface area (Å²) in [5.74, 6) is 0.0185. The lowest BCUT2D eigenvalue weighted by Crippen LogP contribution is -2.54. The van der Waals surface area contributed by atoms with E-state index in [1.807, 2.05) is 44.2 Å². The van der Waals surface area contributed by atoms with E-state index in [4.69, 9.17) is 10.5 Å². The molecule has 2 atom stereocenters. The Morgan fingerprint density at radius 1 is 1.32 bits per heavy atom. The first-order valence-corrected chi connectivity index (χ1v) is 8.88. The number of ether oxygens (including phenoxy) is 1. The van der Waals surface area contributed by atoms with Gasteiger partial charge in [-0.15, -0.1) is 0 Å². The van der Waals surface area contributed by atoms with Gasteiger partial charge in [0.25, 0.3) is 0 Å². The van der Waals surface area contributed by atoms with Gasteiger partial charge in [-0.3, -0.25) is 4.79 Å². The number of carbonyl (C=O) groups is 2. The summed E-state index contributed by atoms with van der Waals surface area (Å²) in [5, 5.41) is 0. The van der Waals surface area contributed by atoms with Crippen molar-refractivity contribution in [3.05, 3.63) is 35.9 Å². The Bertz CT molecular complexity index is 577. The van der Waals surface area contributed by atoms with Gasteiger partial charge in [0.05, 0.1) is 6.04 Å². The zero-order valence-corrected chi connectivity index (χ0v) is 15.4. The fraction of sp³-hybridized carbons (Fsp3) is 0.579. The first-order valence-electron chi connectivity index (χ1n) is 8.88. The minimum atomic E-state index is -0.509. The molecule has 0 radical (unpaired) electrons. The number of likely N-dealkylation sites (tertiary alicyclic amines) is 1. The van der Waals surface area contributed by atoms with Crippen LogP contribution in [0.25, 0.3) is 0 Å². The van der Waals surface area contributed by atoms with Crippen molar-refractivity contribution in [1.82, 2.24) is 9.80 Å². The van der Waals surface area contributed by atoms with Crippen molar-refractivity contribution in [2.45, 2.75) is 45.4 Å². The van der Waals surface area contributed by atoms with Crippen molar-refractivity contribution in [1.29, 1.82) is 0 Å². The highest BCUT2D eigenvalue weighted by Crippen LogP contribution is 2.18. The van der Waals surface area contributed by atoms with Crippen LogP contribution in [0.5, 0.6) is 0 Å². The second-order valence-corrected chi connectivity index (χ2v) is 7.00. The van der Waals surface area contributed by atoms with Crippen LogP contribution in [-0.4, -0.2) is 54.0 Å². The number of likely N-dealkylation sites (N-methyl/N-ethyl adjacent to an activating group) is 1. The lowest BCUT2D eigenvalue weighted by molar-refractivity contribution is -0.135. The molecular weight excluding hydrogens is 318 g/mol. The minimum Gasteiger partial charge on any atom is -0.445 e. The fourth-order valence-electron chi connectivity index (χ4n) is 2.95. The van der Waals surface area contributed by atoms with Crippen molar-refractivity contribution >= 4 is 12.0 Å². The van der Waals surface area contributed by atoms with Crippen LogP contribution >= 0.6 is 0 Å². The van der Waals surface area contributed by atoms with E-state index in [9.17, 15) is 9.59 Å². The number of nitrogens with two attached hydrogens (primary N) is 1. The maximum absolute atomic E-state index is 12.4. The largest absolute Gasteiger partial charge is 0.445 e. The van der Waals surface area contributed by atoms with Gasteiger partial charge in [-0.1, -0.05) is 44.2 Å². The van der Waals surface area contributed by atoms with Crippen molar-refractivity contribution in [2.75, 3.05) is 20.1 Å². The first-order chi connectivity index (χ1) is 11.9. The second-order valence-electron chi connectivity index (χ2n) is 7.00. The molecule has 2 amide bonds. The summed E-state index contributed by atoms with van der Waals surface area (Å²) >= 11 is 0. The van der Waals surface area contributed by atoms with E-state index >= 15 is 0 Å². The predicted molar refractivity (Wildman–Crippen MR) is 96.8 cm³/mol. The molecule has 0 aromatic heterocycles. The zero-order chi connectivity index (χ0) is 18.4. The van der Waals surface area contributed by atoms with Crippen LogP contribution in [-0.2, 0) is 16.1 Å². The Morgan fingerprint density at radius 3 is 2.64 bits per heavy atom. The topological polar surface area (TPSA) is 75.9 Å². The van der Waals surface area contributed by atoms with Crippen LogP contribution in [0.2, 0.25) is 0 Å². The lowest BCUT2D eigenvalue weighted by Gasteiger charge is -2.38. The van der Waals surface area contributed by atoms with Crippen LogP contribution in [0.1, 0.15) is 32.3 Å².